The Hall–Kier alpha value is -1.26. The highest BCUT2D eigenvalue weighted by molar-refractivity contribution is 5.82. The van der Waals surface area contributed by atoms with Crippen LogP contribution in [0.3, 0.4) is 0 Å². The van der Waals surface area contributed by atoms with Crippen LogP contribution < -0.4 is 5.32 Å². The zero-order valence-electron chi connectivity index (χ0n) is 11.7. The minimum absolute atomic E-state index is 0.262. The van der Waals surface area contributed by atoms with Crippen LogP contribution in [-0.4, -0.2) is 41.1 Å². The molecule has 0 aliphatic carbocycles. The molecule has 0 unspecified atom stereocenters. The van der Waals surface area contributed by atoms with E-state index in [4.69, 9.17) is 5.11 Å². The van der Waals surface area contributed by atoms with Gasteiger partial charge in [0.05, 0.1) is 0 Å². The monoisotopic (exact) mass is 258 g/mol. The fourth-order valence-electron chi connectivity index (χ4n) is 1.76. The van der Waals surface area contributed by atoms with Crippen molar-refractivity contribution in [3.8, 4) is 0 Å². The van der Waals surface area contributed by atoms with Gasteiger partial charge in [-0.15, -0.1) is 0 Å². The standard InChI is InChI=1S/C13H26N2O3/c1-4-7-8-11(12(16)17)14-13(18)15(9-5-2)10-6-3/h11H,4-10H2,1-3H3,(H,14,18)(H,16,17)/t11-/m0/s1. The van der Waals surface area contributed by atoms with Gasteiger partial charge in [-0.25, -0.2) is 9.59 Å². The maximum Gasteiger partial charge on any atom is 0.326 e. The second-order valence-electron chi connectivity index (χ2n) is 4.47. The third-order valence-corrected chi connectivity index (χ3v) is 2.72. The summed E-state index contributed by atoms with van der Waals surface area (Å²) >= 11 is 0. The van der Waals surface area contributed by atoms with Gasteiger partial charge in [0, 0.05) is 13.1 Å². The first-order valence-corrected chi connectivity index (χ1v) is 6.84. The Morgan fingerprint density at radius 2 is 1.67 bits per heavy atom. The molecule has 5 heteroatoms. The molecule has 18 heavy (non-hydrogen) atoms. The molecule has 2 N–H and O–H groups in total. The Morgan fingerprint density at radius 3 is 2.06 bits per heavy atom. The van der Waals surface area contributed by atoms with Crippen LogP contribution in [0.15, 0.2) is 0 Å². The van der Waals surface area contributed by atoms with Gasteiger partial charge in [0.2, 0.25) is 0 Å². The van der Waals surface area contributed by atoms with E-state index in [2.05, 4.69) is 5.32 Å². The van der Waals surface area contributed by atoms with Crippen LogP contribution >= 0.6 is 0 Å². The largest absolute Gasteiger partial charge is 0.480 e. The van der Waals surface area contributed by atoms with E-state index in [9.17, 15) is 9.59 Å². The van der Waals surface area contributed by atoms with E-state index in [-0.39, 0.29) is 6.03 Å². The van der Waals surface area contributed by atoms with Crippen molar-refractivity contribution in [1.29, 1.82) is 0 Å². The number of carbonyl (C=O) groups is 2. The van der Waals surface area contributed by atoms with E-state index in [1.54, 1.807) is 4.90 Å². The van der Waals surface area contributed by atoms with Crippen molar-refractivity contribution >= 4 is 12.0 Å². The van der Waals surface area contributed by atoms with Crippen LogP contribution in [0.25, 0.3) is 0 Å². The number of aliphatic carboxylic acids is 1. The van der Waals surface area contributed by atoms with Gasteiger partial charge in [0.1, 0.15) is 6.04 Å². The fraction of sp³-hybridized carbons (Fsp3) is 0.846. The second kappa shape index (κ2) is 9.74. The average Bonchev–Trinajstić information content (AvgIpc) is 2.33. The maximum atomic E-state index is 12.0. The molecule has 106 valence electrons. The molecule has 5 nitrogen and oxygen atoms in total. The molecule has 0 aromatic heterocycles. The first kappa shape index (κ1) is 16.7. The molecule has 0 spiro atoms. The normalized spacial score (nSPS) is 11.9. The van der Waals surface area contributed by atoms with E-state index >= 15 is 0 Å². The van der Waals surface area contributed by atoms with E-state index in [1.807, 2.05) is 20.8 Å². The number of nitrogens with zero attached hydrogens (tertiary/aromatic N) is 1. The number of hydrogen-bond donors (Lipinski definition) is 2. The van der Waals surface area contributed by atoms with Gasteiger partial charge < -0.3 is 15.3 Å². The molecule has 0 bridgehead atoms. The summed E-state index contributed by atoms with van der Waals surface area (Å²) in [6, 6.07) is -1.03. The van der Waals surface area contributed by atoms with Crippen molar-refractivity contribution in [1.82, 2.24) is 10.2 Å². The Kier molecular flexibility index (Phi) is 9.06. The summed E-state index contributed by atoms with van der Waals surface area (Å²) in [6.45, 7) is 7.34. The predicted molar refractivity (Wildman–Crippen MR) is 71.6 cm³/mol. The molecular formula is C13H26N2O3. The Morgan fingerprint density at radius 1 is 1.11 bits per heavy atom. The van der Waals surface area contributed by atoms with Gasteiger partial charge in [0.15, 0.2) is 0 Å². The van der Waals surface area contributed by atoms with Crippen LogP contribution in [0.2, 0.25) is 0 Å². The lowest BCUT2D eigenvalue weighted by atomic mass is 10.1. The number of amides is 2. The lowest BCUT2D eigenvalue weighted by molar-refractivity contribution is -0.139. The number of carboxylic acid groups (broad SMARTS) is 1. The van der Waals surface area contributed by atoms with Crippen molar-refractivity contribution in [3.63, 3.8) is 0 Å². The minimum atomic E-state index is -0.954. The lowest BCUT2D eigenvalue weighted by Crippen LogP contribution is -2.48. The molecule has 2 amide bonds. The molecule has 0 aromatic carbocycles. The highest BCUT2D eigenvalue weighted by Crippen LogP contribution is 2.03. The van der Waals surface area contributed by atoms with Crippen molar-refractivity contribution in [3.05, 3.63) is 0 Å². The van der Waals surface area contributed by atoms with Gasteiger partial charge >= 0.3 is 12.0 Å². The minimum Gasteiger partial charge on any atom is -0.480 e. The van der Waals surface area contributed by atoms with Gasteiger partial charge in [-0.1, -0.05) is 33.6 Å². The molecule has 0 fully saturated rings. The number of unbranched alkanes of at least 4 members (excludes halogenated alkanes) is 1. The maximum absolute atomic E-state index is 12.0. The van der Waals surface area contributed by atoms with E-state index < -0.39 is 12.0 Å². The summed E-state index contributed by atoms with van der Waals surface area (Å²) in [5, 5.41) is 11.7. The molecule has 0 rings (SSSR count). The first-order valence-electron chi connectivity index (χ1n) is 6.84. The number of hydrogen-bond acceptors (Lipinski definition) is 2. The van der Waals surface area contributed by atoms with Crippen molar-refractivity contribution in [2.75, 3.05) is 13.1 Å². The third-order valence-electron chi connectivity index (χ3n) is 2.72. The van der Waals surface area contributed by atoms with E-state index in [1.165, 1.54) is 0 Å². The van der Waals surface area contributed by atoms with Crippen molar-refractivity contribution in [2.45, 2.75) is 58.9 Å². The van der Waals surface area contributed by atoms with Crippen molar-refractivity contribution < 1.29 is 14.7 Å². The summed E-state index contributed by atoms with van der Waals surface area (Å²) in [4.78, 5) is 24.7. The molecular weight excluding hydrogens is 232 g/mol. The quantitative estimate of drug-likeness (QED) is 0.667. The van der Waals surface area contributed by atoms with Crippen LogP contribution in [0.4, 0.5) is 4.79 Å². The zero-order chi connectivity index (χ0) is 14.0. The third kappa shape index (κ3) is 6.47. The Labute approximate surface area is 110 Å². The molecule has 0 aliphatic heterocycles. The molecule has 0 heterocycles. The molecule has 0 saturated carbocycles. The molecule has 1 atom stereocenters. The summed E-state index contributed by atoms with van der Waals surface area (Å²) in [5.74, 6) is -0.954. The number of nitrogens with one attached hydrogen (secondary N) is 1. The van der Waals surface area contributed by atoms with Crippen molar-refractivity contribution in [2.24, 2.45) is 0 Å². The average molecular weight is 258 g/mol. The van der Waals surface area contributed by atoms with Crippen LogP contribution in [0.1, 0.15) is 52.9 Å². The smallest absolute Gasteiger partial charge is 0.326 e. The summed E-state index contributed by atoms with van der Waals surface area (Å²) in [5.41, 5.74) is 0. The topological polar surface area (TPSA) is 69.6 Å². The number of carboxylic acids is 1. The first-order chi connectivity index (χ1) is 8.56. The van der Waals surface area contributed by atoms with Crippen LogP contribution in [0, 0.1) is 0 Å². The number of urea groups is 1. The SMILES string of the molecule is CCCC[C@H](NC(=O)N(CCC)CCC)C(=O)O. The second-order valence-corrected chi connectivity index (χ2v) is 4.47. The highest BCUT2D eigenvalue weighted by Gasteiger charge is 2.21. The van der Waals surface area contributed by atoms with E-state index in [0.717, 1.165) is 25.7 Å². The Balaban J connectivity index is 4.39. The number of rotatable bonds is 9. The van der Waals surface area contributed by atoms with Gasteiger partial charge in [0.25, 0.3) is 0 Å². The summed E-state index contributed by atoms with van der Waals surface area (Å²) < 4.78 is 0. The van der Waals surface area contributed by atoms with Gasteiger partial charge in [-0.2, -0.15) is 0 Å². The molecule has 0 radical (unpaired) electrons. The highest BCUT2D eigenvalue weighted by atomic mass is 16.4. The van der Waals surface area contributed by atoms with E-state index in [0.29, 0.717) is 19.5 Å². The lowest BCUT2D eigenvalue weighted by Gasteiger charge is -2.24. The number of carbonyl (C=O) groups excluding carboxylic acids is 1. The predicted octanol–water partition coefficient (Wildman–Crippen LogP) is 2.46. The summed E-state index contributed by atoms with van der Waals surface area (Å²) in [7, 11) is 0. The fourth-order valence-corrected chi connectivity index (χ4v) is 1.76. The molecule has 0 aliphatic rings. The summed E-state index contributed by atoms with van der Waals surface area (Å²) in [6.07, 6.45) is 3.97. The van der Waals surface area contributed by atoms with Crippen LogP contribution in [0.5, 0.6) is 0 Å². The Bertz CT molecular complexity index is 251. The molecule has 0 aromatic rings. The van der Waals surface area contributed by atoms with Crippen LogP contribution in [-0.2, 0) is 4.79 Å². The zero-order valence-corrected chi connectivity index (χ0v) is 11.7. The van der Waals surface area contributed by atoms with Gasteiger partial charge in [-0.05, 0) is 19.3 Å². The van der Waals surface area contributed by atoms with Gasteiger partial charge in [-0.3, -0.25) is 0 Å². The molecule has 0 saturated heterocycles.